The van der Waals surface area contributed by atoms with Gasteiger partial charge in [0.15, 0.2) is 6.04 Å². The van der Waals surface area contributed by atoms with Crippen molar-refractivity contribution in [1.82, 2.24) is 10.6 Å². The summed E-state index contributed by atoms with van der Waals surface area (Å²) < 4.78 is 0. The highest BCUT2D eigenvalue weighted by Crippen LogP contribution is 2.28. The summed E-state index contributed by atoms with van der Waals surface area (Å²) in [6, 6.07) is -1.18. The van der Waals surface area contributed by atoms with Gasteiger partial charge in [-0.15, -0.1) is 0 Å². The first-order valence-corrected chi connectivity index (χ1v) is 9.73. The van der Waals surface area contributed by atoms with Crippen molar-refractivity contribution in [2.24, 2.45) is 23.7 Å². The fraction of sp³-hybridized carbons (Fsp3) is 0.842. The van der Waals surface area contributed by atoms with Gasteiger partial charge in [0.05, 0.1) is 12.0 Å². The topological polar surface area (TPSA) is 126 Å². The maximum absolute atomic E-state index is 12.4. The van der Waals surface area contributed by atoms with Gasteiger partial charge in [-0.1, -0.05) is 27.7 Å². The third-order valence-corrected chi connectivity index (χ3v) is 5.23. The molecule has 5 N–H and O–H groups in total. The van der Waals surface area contributed by atoms with Crippen LogP contribution in [0.2, 0.25) is 0 Å². The van der Waals surface area contributed by atoms with Crippen molar-refractivity contribution < 1.29 is 25.2 Å². The van der Waals surface area contributed by atoms with Crippen molar-refractivity contribution in [2.45, 2.75) is 71.9 Å². The summed E-state index contributed by atoms with van der Waals surface area (Å²) >= 11 is 0. The number of hydrogen-bond donors (Lipinski definition) is 3. The number of rotatable bonds is 9. The molecule has 0 aliphatic heterocycles. The first-order valence-electron chi connectivity index (χ1n) is 9.73. The first kappa shape index (κ1) is 22.4. The Balaban J connectivity index is 2.39. The van der Waals surface area contributed by atoms with Crippen LogP contribution in [-0.2, 0) is 14.4 Å². The largest absolute Gasteiger partial charge is 0.548 e. The van der Waals surface area contributed by atoms with Gasteiger partial charge < -0.3 is 26.3 Å². The highest BCUT2D eigenvalue weighted by molar-refractivity contribution is 5.84. The molecule has 0 spiro atoms. The number of quaternary nitrogens is 1. The molecule has 0 unspecified atom stereocenters. The highest BCUT2D eigenvalue weighted by atomic mass is 16.4. The predicted octanol–water partition coefficient (Wildman–Crippen LogP) is -0.544. The second-order valence-corrected chi connectivity index (χ2v) is 8.32. The summed E-state index contributed by atoms with van der Waals surface area (Å²) in [4.78, 5) is 35.5. The number of carboxylic acid groups (broad SMARTS) is 1. The summed E-state index contributed by atoms with van der Waals surface area (Å²) in [6.07, 6.45) is 3.50. The Morgan fingerprint density at radius 1 is 1.08 bits per heavy atom. The Hall–Kier alpha value is -1.63. The van der Waals surface area contributed by atoms with Crippen LogP contribution in [0.3, 0.4) is 0 Å². The van der Waals surface area contributed by atoms with Crippen molar-refractivity contribution in [1.29, 1.82) is 0 Å². The smallest absolute Gasteiger partial charge is 0.278 e. The van der Waals surface area contributed by atoms with Gasteiger partial charge in [-0.3, -0.25) is 9.59 Å². The molecular weight excluding hydrogens is 334 g/mol. The standard InChI is InChI=1S/C19H35N3O4/c1-11(2)9-15(19(25)26)22-17(23)14-7-5-13(6-8-14)10-21-18(24)16(20)12(3)4/h11-16H,5-10,20H2,1-4H3,(H,21,24)(H,22,23)(H,25,26)/t13?,14?,15-,16-/m0/s1. The lowest BCUT2D eigenvalue weighted by atomic mass is 9.81. The van der Waals surface area contributed by atoms with E-state index in [1.165, 1.54) is 0 Å². The molecule has 0 radical (unpaired) electrons. The van der Waals surface area contributed by atoms with E-state index in [1.807, 2.05) is 27.7 Å². The normalized spacial score (nSPS) is 22.7. The zero-order valence-electron chi connectivity index (χ0n) is 16.5. The molecule has 0 saturated heterocycles. The number of hydrogen-bond acceptors (Lipinski definition) is 4. The lowest BCUT2D eigenvalue weighted by Crippen LogP contribution is -2.70. The third kappa shape index (κ3) is 7.32. The van der Waals surface area contributed by atoms with Gasteiger partial charge in [-0.25, -0.2) is 0 Å². The highest BCUT2D eigenvalue weighted by Gasteiger charge is 2.29. The maximum Gasteiger partial charge on any atom is 0.278 e. The summed E-state index contributed by atoms with van der Waals surface area (Å²) in [6.45, 7) is 8.38. The van der Waals surface area contributed by atoms with Gasteiger partial charge in [-0.05, 0) is 43.9 Å². The Kier molecular flexibility index (Phi) is 9.05. The van der Waals surface area contributed by atoms with Crippen LogP contribution in [-0.4, -0.2) is 36.4 Å². The summed E-state index contributed by atoms with van der Waals surface area (Å²) in [5.41, 5.74) is 3.88. The quantitative estimate of drug-likeness (QED) is 0.504. The summed E-state index contributed by atoms with van der Waals surface area (Å²) in [5.74, 6) is -0.874. The predicted molar refractivity (Wildman–Crippen MR) is 96.4 cm³/mol. The van der Waals surface area contributed by atoms with Crippen LogP contribution in [0.5, 0.6) is 0 Å². The molecule has 1 saturated carbocycles. The van der Waals surface area contributed by atoms with E-state index in [0.717, 1.165) is 12.8 Å². The van der Waals surface area contributed by atoms with Crippen LogP contribution in [0, 0.1) is 23.7 Å². The number of aliphatic carboxylic acids is 1. The van der Waals surface area contributed by atoms with Crippen LogP contribution < -0.4 is 21.5 Å². The van der Waals surface area contributed by atoms with E-state index in [0.29, 0.717) is 31.7 Å². The monoisotopic (exact) mass is 369 g/mol. The molecule has 2 atom stereocenters. The van der Waals surface area contributed by atoms with Crippen molar-refractivity contribution in [3.05, 3.63) is 0 Å². The minimum absolute atomic E-state index is 0.0228. The Morgan fingerprint density at radius 2 is 1.65 bits per heavy atom. The van der Waals surface area contributed by atoms with E-state index in [9.17, 15) is 19.5 Å². The Labute approximate surface area is 156 Å². The van der Waals surface area contributed by atoms with Crippen LogP contribution in [0.15, 0.2) is 0 Å². The van der Waals surface area contributed by atoms with Gasteiger partial charge in [0.25, 0.3) is 5.91 Å². The van der Waals surface area contributed by atoms with E-state index < -0.39 is 12.0 Å². The molecular formula is C19H35N3O4. The summed E-state index contributed by atoms with van der Waals surface area (Å²) in [7, 11) is 0. The molecule has 0 aromatic rings. The maximum atomic E-state index is 12.4. The molecule has 2 amide bonds. The molecule has 0 aromatic heterocycles. The van der Waals surface area contributed by atoms with Crippen LogP contribution >= 0.6 is 0 Å². The van der Waals surface area contributed by atoms with Crippen LogP contribution in [0.4, 0.5) is 0 Å². The molecule has 26 heavy (non-hydrogen) atoms. The van der Waals surface area contributed by atoms with Crippen molar-refractivity contribution >= 4 is 17.8 Å². The van der Waals surface area contributed by atoms with Gasteiger partial charge in [0, 0.05) is 18.4 Å². The van der Waals surface area contributed by atoms with Gasteiger partial charge in [0.1, 0.15) is 0 Å². The second-order valence-electron chi connectivity index (χ2n) is 8.32. The van der Waals surface area contributed by atoms with Crippen molar-refractivity contribution in [3.63, 3.8) is 0 Å². The van der Waals surface area contributed by atoms with Crippen molar-refractivity contribution in [3.8, 4) is 0 Å². The number of carboxylic acids is 1. The fourth-order valence-corrected chi connectivity index (χ4v) is 3.28. The van der Waals surface area contributed by atoms with E-state index in [-0.39, 0.29) is 35.6 Å². The molecule has 0 heterocycles. The third-order valence-electron chi connectivity index (χ3n) is 5.23. The van der Waals surface area contributed by atoms with Crippen molar-refractivity contribution in [2.75, 3.05) is 6.54 Å². The van der Waals surface area contributed by atoms with Gasteiger partial charge in [0.2, 0.25) is 5.91 Å². The molecule has 1 aliphatic rings. The average Bonchev–Trinajstić information content (AvgIpc) is 2.58. The molecule has 1 aliphatic carbocycles. The molecule has 1 fully saturated rings. The van der Waals surface area contributed by atoms with E-state index in [1.54, 1.807) is 0 Å². The molecule has 7 nitrogen and oxygen atoms in total. The average molecular weight is 370 g/mol. The van der Waals surface area contributed by atoms with Gasteiger partial charge in [-0.2, -0.15) is 0 Å². The number of carbonyl (C=O) groups is 3. The SMILES string of the molecule is CC(C)C[C@H](NC(=O)C1CCC(CNC(=O)[C@@H]([NH3+])C(C)C)CC1)C(=O)[O-]. The van der Waals surface area contributed by atoms with Crippen LogP contribution in [0.25, 0.3) is 0 Å². The number of nitrogens with one attached hydrogen (secondary N) is 2. The van der Waals surface area contributed by atoms with Gasteiger partial charge >= 0.3 is 0 Å². The lowest BCUT2D eigenvalue weighted by molar-refractivity contribution is -0.414. The van der Waals surface area contributed by atoms with Crippen LogP contribution in [0.1, 0.15) is 59.8 Å². The Bertz CT molecular complexity index is 485. The second kappa shape index (κ2) is 10.5. The van der Waals surface area contributed by atoms with E-state index in [4.69, 9.17) is 0 Å². The molecule has 7 heteroatoms. The molecule has 0 bridgehead atoms. The lowest BCUT2D eigenvalue weighted by Gasteiger charge is -2.30. The molecule has 150 valence electrons. The zero-order chi connectivity index (χ0) is 19.9. The first-order chi connectivity index (χ1) is 12.1. The summed E-state index contributed by atoms with van der Waals surface area (Å²) in [5, 5.41) is 16.8. The molecule has 0 aromatic carbocycles. The number of amides is 2. The number of carbonyl (C=O) groups excluding carboxylic acids is 3. The zero-order valence-corrected chi connectivity index (χ0v) is 16.5. The fourth-order valence-electron chi connectivity index (χ4n) is 3.28. The molecule has 1 rings (SSSR count). The Morgan fingerprint density at radius 3 is 2.12 bits per heavy atom. The van der Waals surface area contributed by atoms with E-state index in [2.05, 4.69) is 16.4 Å². The minimum atomic E-state index is -1.23. The van der Waals surface area contributed by atoms with E-state index >= 15 is 0 Å². The minimum Gasteiger partial charge on any atom is -0.548 e.